The number of likely N-dealkylation sites (tertiary alicyclic amines) is 1. The summed E-state index contributed by atoms with van der Waals surface area (Å²) >= 11 is 0. The molecule has 1 aliphatic rings. The standard InChI is InChI=1S/C8H16N2O/c1-3-8(5-9)4-7(11)10(2)6-8/h3-6,9H2,1-2H3. The number of rotatable bonds is 2. The zero-order valence-electron chi connectivity index (χ0n) is 7.26. The van der Waals surface area contributed by atoms with Crippen molar-refractivity contribution in [3.8, 4) is 0 Å². The van der Waals surface area contributed by atoms with Crippen LogP contribution in [0, 0.1) is 5.41 Å². The normalized spacial score (nSPS) is 31.5. The first-order valence-corrected chi connectivity index (χ1v) is 4.07. The van der Waals surface area contributed by atoms with Crippen LogP contribution in [0.3, 0.4) is 0 Å². The van der Waals surface area contributed by atoms with E-state index in [2.05, 4.69) is 6.92 Å². The quantitative estimate of drug-likeness (QED) is 0.621. The van der Waals surface area contributed by atoms with Crippen molar-refractivity contribution >= 4 is 5.91 Å². The van der Waals surface area contributed by atoms with E-state index in [-0.39, 0.29) is 11.3 Å². The Labute approximate surface area is 67.5 Å². The van der Waals surface area contributed by atoms with Crippen LogP contribution in [-0.2, 0) is 4.79 Å². The summed E-state index contributed by atoms with van der Waals surface area (Å²) in [5.41, 5.74) is 5.70. The number of nitrogens with zero attached hydrogens (tertiary/aromatic N) is 1. The van der Waals surface area contributed by atoms with Crippen LogP contribution in [-0.4, -0.2) is 30.9 Å². The van der Waals surface area contributed by atoms with Crippen LogP contribution in [0.1, 0.15) is 19.8 Å². The molecule has 1 aliphatic heterocycles. The Hall–Kier alpha value is -0.570. The van der Waals surface area contributed by atoms with Crippen LogP contribution in [0.4, 0.5) is 0 Å². The largest absolute Gasteiger partial charge is 0.345 e. The Morgan fingerprint density at radius 3 is 2.55 bits per heavy atom. The highest BCUT2D eigenvalue weighted by Gasteiger charge is 2.38. The molecule has 0 aromatic heterocycles. The molecule has 1 amide bonds. The SMILES string of the molecule is CCC1(CN)CC(=O)N(C)C1. The smallest absolute Gasteiger partial charge is 0.223 e. The molecule has 1 unspecified atom stereocenters. The van der Waals surface area contributed by atoms with E-state index in [0.29, 0.717) is 13.0 Å². The molecule has 2 N–H and O–H groups in total. The fourth-order valence-electron chi connectivity index (χ4n) is 1.62. The van der Waals surface area contributed by atoms with Gasteiger partial charge in [0.05, 0.1) is 0 Å². The van der Waals surface area contributed by atoms with Crippen molar-refractivity contribution in [2.75, 3.05) is 20.1 Å². The second kappa shape index (κ2) is 2.81. The molecular formula is C8H16N2O. The van der Waals surface area contributed by atoms with Gasteiger partial charge in [-0.15, -0.1) is 0 Å². The second-order valence-corrected chi connectivity index (χ2v) is 3.48. The van der Waals surface area contributed by atoms with Crippen molar-refractivity contribution in [1.82, 2.24) is 4.90 Å². The molecule has 0 spiro atoms. The van der Waals surface area contributed by atoms with E-state index in [9.17, 15) is 4.79 Å². The van der Waals surface area contributed by atoms with Gasteiger partial charge in [0.15, 0.2) is 0 Å². The minimum absolute atomic E-state index is 0.0752. The Kier molecular flexibility index (Phi) is 2.18. The Morgan fingerprint density at radius 1 is 1.73 bits per heavy atom. The highest BCUT2D eigenvalue weighted by Crippen LogP contribution is 2.32. The molecule has 1 fully saturated rings. The number of nitrogens with two attached hydrogens (primary N) is 1. The van der Waals surface area contributed by atoms with Crippen LogP contribution in [0.5, 0.6) is 0 Å². The zero-order chi connectivity index (χ0) is 8.48. The third kappa shape index (κ3) is 1.38. The lowest BCUT2D eigenvalue weighted by Gasteiger charge is -2.23. The minimum Gasteiger partial charge on any atom is -0.345 e. The summed E-state index contributed by atoms with van der Waals surface area (Å²) in [7, 11) is 1.84. The molecule has 1 rings (SSSR count). The van der Waals surface area contributed by atoms with E-state index < -0.39 is 0 Å². The predicted octanol–water partition coefficient (Wildman–Crippen LogP) is 0.204. The van der Waals surface area contributed by atoms with Crippen molar-refractivity contribution in [1.29, 1.82) is 0 Å². The Morgan fingerprint density at radius 2 is 2.36 bits per heavy atom. The molecule has 3 heteroatoms. The molecule has 1 saturated heterocycles. The van der Waals surface area contributed by atoms with E-state index >= 15 is 0 Å². The molecular weight excluding hydrogens is 140 g/mol. The topological polar surface area (TPSA) is 46.3 Å². The highest BCUT2D eigenvalue weighted by atomic mass is 16.2. The Bertz CT molecular complexity index is 163. The van der Waals surface area contributed by atoms with Gasteiger partial charge in [-0.05, 0) is 6.42 Å². The fraction of sp³-hybridized carbons (Fsp3) is 0.875. The maximum absolute atomic E-state index is 11.2. The summed E-state index contributed by atoms with van der Waals surface area (Å²) in [6.45, 7) is 3.55. The van der Waals surface area contributed by atoms with Gasteiger partial charge in [0, 0.05) is 32.0 Å². The molecule has 11 heavy (non-hydrogen) atoms. The fourth-order valence-corrected chi connectivity index (χ4v) is 1.62. The van der Waals surface area contributed by atoms with Crippen LogP contribution in [0.2, 0.25) is 0 Å². The molecule has 0 radical (unpaired) electrons. The van der Waals surface area contributed by atoms with E-state index in [4.69, 9.17) is 5.73 Å². The van der Waals surface area contributed by atoms with Gasteiger partial charge in [-0.3, -0.25) is 4.79 Å². The van der Waals surface area contributed by atoms with Crippen LogP contribution in [0.25, 0.3) is 0 Å². The average molecular weight is 156 g/mol. The molecule has 3 nitrogen and oxygen atoms in total. The maximum atomic E-state index is 11.2. The van der Waals surface area contributed by atoms with Crippen LogP contribution < -0.4 is 5.73 Å². The molecule has 0 saturated carbocycles. The molecule has 0 aromatic rings. The van der Waals surface area contributed by atoms with E-state index in [1.54, 1.807) is 4.90 Å². The number of hydrogen-bond acceptors (Lipinski definition) is 2. The monoisotopic (exact) mass is 156 g/mol. The third-order valence-corrected chi connectivity index (χ3v) is 2.71. The molecule has 64 valence electrons. The summed E-state index contributed by atoms with van der Waals surface area (Å²) in [6, 6.07) is 0. The van der Waals surface area contributed by atoms with Gasteiger partial charge in [-0.25, -0.2) is 0 Å². The van der Waals surface area contributed by atoms with Crippen LogP contribution >= 0.6 is 0 Å². The first-order valence-electron chi connectivity index (χ1n) is 4.07. The van der Waals surface area contributed by atoms with Crippen molar-refractivity contribution in [2.24, 2.45) is 11.1 Å². The van der Waals surface area contributed by atoms with Crippen molar-refractivity contribution < 1.29 is 4.79 Å². The first-order chi connectivity index (χ1) is 5.13. The molecule has 0 aromatic carbocycles. The lowest BCUT2D eigenvalue weighted by Crippen LogP contribution is -2.32. The van der Waals surface area contributed by atoms with Gasteiger partial charge in [-0.1, -0.05) is 6.92 Å². The molecule has 0 bridgehead atoms. The Balaban J connectivity index is 2.68. The van der Waals surface area contributed by atoms with Gasteiger partial charge in [0.25, 0.3) is 0 Å². The van der Waals surface area contributed by atoms with E-state index in [1.165, 1.54) is 0 Å². The summed E-state index contributed by atoms with van der Waals surface area (Å²) < 4.78 is 0. The predicted molar refractivity (Wildman–Crippen MR) is 44.0 cm³/mol. The first kappa shape index (κ1) is 8.53. The van der Waals surface area contributed by atoms with Crippen molar-refractivity contribution in [3.63, 3.8) is 0 Å². The van der Waals surface area contributed by atoms with Gasteiger partial charge >= 0.3 is 0 Å². The summed E-state index contributed by atoms with van der Waals surface area (Å²) in [5, 5.41) is 0. The lowest BCUT2D eigenvalue weighted by atomic mass is 9.84. The van der Waals surface area contributed by atoms with Gasteiger partial charge in [0.2, 0.25) is 5.91 Å². The number of amides is 1. The van der Waals surface area contributed by atoms with E-state index in [0.717, 1.165) is 13.0 Å². The maximum Gasteiger partial charge on any atom is 0.223 e. The van der Waals surface area contributed by atoms with Crippen LogP contribution in [0.15, 0.2) is 0 Å². The summed E-state index contributed by atoms with van der Waals surface area (Å²) in [5.74, 6) is 0.234. The van der Waals surface area contributed by atoms with Crippen molar-refractivity contribution in [3.05, 3.63) is 0 Å². The lowest BCUT2D eigenvalue weighted by molar-refractivity contribution is -0.126. The van der Waals surface area contributed by atoms with E-state index in [1.807, 2.05) is 7.05 Å². The number of carbonyl (C=O) groups is 1. The molecule has 1 atom stereocenters. The number of hydrogen-bond donors (Lipinski definition) is 1. The molecule has 0 aliphatic carbocycles. The third-order valence-electron chi connectivity index (χ3n) is 2.71. The average Bonchev–Trinajstić information content (AvgIpc) is 2.29. The van der Waals surface area contributed by atoms with Gasteiger partial charge < -0.3 is 10.6 Å². The van der Waals surface area contributed by atoms with Crippen molar-refractivity contribution in [2.45, 2.75) is 19.8 Å². The number of carbonyl (C=O) groups excluding carboxylic acids is 1. The summed E-state index contributed by atoms with van der Waals surface area (Å²) in [6.07, 6.45) is 1.63. The molecule has 1 heterocycles. The minimum atomic E-state index is 0.0752. The summed E-state index contributed by atoms with van der Waals surface area (Å²) in [4.78, 5) is 13.0. The second-order valence-electron chi connectivity index (χ2n) is 3.48. The van der Waals surface area contributed by atoms with Gasteiger partial charge in [0.1, 0.15) is 0 Å². The van der Waals surface area contributed by atoms with Gasteiger partial charge in [-0.2, -0.15) is 0 Å². The zero-order valence-corrected chi connectivity index (χ0v) is 7.26. The highest BCUT2D eigenvalue weighted by molar-refractivity contribution is 5.79.